The second-order valence-electron chi connectivity index (χ2n) is 3.77. The summed E-state index contributed by atoms with van der Waals surface area (Å²) in [5.74, 6) is -0.876. The third-order valence-electron chi connectivity index (χ3n) is 2.37. The van der Waals surface area contributed by atoms with E-state index in [2.05, 4.69) is 4.74 Å². The molecule has 0 spiro atoms. The fraction of sp³-hybridized carbons (Fsp3) is 0.250. The molecule has 0 saturated heterocycles. The van der Waals surface area contributed by atoms with Crippen molar-refractivity contribution in [2.75, 3.05) is 7.11 Å². The van der Waals surface area contributed by atoms with Crippen LogP contribution in [0.4, 0.5) is 5.69 Å². The molecular formula is C12H13NO7S. The van der Waals surface area contributed by atoms with Crippen LogP contribution in [0.15, 0.2) is 41.3 Å². The van der Waals surface area contributed by atoms with E-state index in [4.69, 9.17) is 4.18 Å². The molecule has 1 rings (SSSR count). The monoisotopic (exact) mass is 315 g/mol. The van der Waals surface area contributed by atoms with Gasteiger partial charge in [0.25, 0.3) is 15.8 Å². The zero-order valence-corrected chi connectivity index (χ0v) is 12.1. The fourth-order valence-corrected chi connectivity index (χ4v) is 2.36. The lowest BCUT2D eigenvalue weighted by Gasteiger charge is -2.11. The van der Waals surface area contributed by atoms with Crippen molar-refractivity contribution in [2.24, 2.45) is 0 Å². The van der Waals surface area contributed by atoms with Crippen LogP contribution in [0.3, 0.4) is 0 Å². The van der Waals surface area contributed by atoms with Gasteiger partial charge in [-0.05, 0) is 25.1 Å². The molecule has 0 saturated carbocycles. The predicted molar refractivity (Wildman–Crippen MR) is 72.0 cm³/mol. The number of nitro benzene ring substituents is 1. The number of nitro groups is 1. The van der Waals surface area contributed by atoms with Gasteiger partial charge in [-0.3, -0.25) is 10.1 Å². The zero-order valence-electron chi connectivity index (χ0n) is 11.3. The Kier molecular flexibility index (Phi) is 5.56. The molecule has 0 N–H and O–H groups in total. The van der Waals surface area contributed by atoms with Gasteiger partial charge in [0.15, 0.2) is 6.10 Å². The summed E-state index contributed by atoms with van der Waals surface area (Å²) >= 11 is 0. The number of carbonyl (C=O) groups is 1. The third kappa shape index (κ3) is 4.36. The van der Waals surface area contributed by atoms with Crippen molar-refractivity contribution >= 4 is 21.8 Å². The Morgan fingerprint density at radius 2 is 1.90 bits per heavy atom. The first-order chi connectivity index (χ1) is 9.81. The minimum absolute atomic E-state index is 0.257. The first-order valence-electron chi connectivity index (χ1n) is 5.70. The molecule has 1 aromatic rings. The van der Waals surface area contributed by atoms with Gasteiger partial charge in [-0.15, -0.1) is 0 Å². The van der Waals surface area contributed by atoms with E-state index in [1.807, 2.05) is 0 Å². The summed E-state index contributed by atoms with van der Waals surface area (Å²) in [6, 6.07) is 4.10. The van der Waals surface area contributed by atoms with E-state index < -0.39 is 27.1 Å². The highest BCUT2D eigenvalue weighted by atomic mass is 32.2. The highest BCUT2D eigenvalue weighted by molar-refractivity contribution is 7.86. The van der Waals surface area contributed by atoms with E-state index in [0.717, 1.165) is 31.4 Å². The Morgan fingerprint density at radius 3 is 2.33 bits per heavy atom. The average molecular weight is 315 g/mol. The van der Waals surface area contributed by atoms with Crippen LogP contribution in [0.2, 0.25) is 0 Å². The number of nitrogens with zero attached hydrogens (tertiary/aromatic N) is 1. The Bertz CT molecular complexity index is 649. The summed E-state index contributed by atoms with van der Waals surface area (Å²) < 4.78 is 33.2. The maximum atomic E-state index is 12.0. The molecule has 1 unspecified atom stereocenters. The van der Waals surface area contributed by atoms with Crippen LogP contribution >= 0.6 is 0 Å². The highest BCUT2D eigenvalue weighted by Gasteiger charge is 2.26. The maximum absolute atomic E-state index is 12.0. The van der Waals surface area contributed by atoms with Gasteiger partial charge in [0.1, 0.15) is 0 Å². The maximum Gasteiger partial charge on any atom is 0.340 e. The third-order valence-corrected chi connectivity index (χ3v) is 3.68. The summed E-state index contributed by atoms with van der Waals surface area (Å²) in [6.07, 6.45) is 1.24. The van der Waals surface area contributed by atoms with Crippen LogP contribution in [0.25, 0.3) is 0 Å². The van der Waals surface area contributed by atoms with Crippen molar-refractivity contribution in [2.45, 2.75) is 17.9 Å². The van der Waals surface area contributed by atoms with Gasteiger partial charge in [0.2, 0.25) is 0 Å². The van der Waals surface area contributed by atoms with Crippen molar-refractivity contribution in [3.05, 3.63) is 46.5 Å². The summed E-state index contributed by atoms with van der Waals surface area (Å²) in [6.45, 7) is 1.58. The number of rotatable bonds is 6. The molecular weight excluding hydrogens is 302 g/mol. The molecule has 0 fully saturated rings. The quantitative estimate of drug-likeness (QED) is 0.256. The lowest BCUT2D eigenvalue weighted by Crippen LogP contribution is -2.26. The average Bonchev–Trinajstić information content (AvgIpc) is 2.45. The van der Waals surface area contributed by atoms with Crippen LogP contribution in [0.5, 0.6) is 0 Å². The molecule has 0 heterocycles. The fourth-order valence-electron chi connectivity index (χ4n) is 1.37. The van der Waals surface area contributed by atoms with E-state index in [0.29, 0.717) is 0 Å². The van der Waals surface area contributed by atoms with Crippen molar-refractivity contribution in [1.82, 2.24) is 0 Å². The van der Waals surface area contributed by atoms with Crippen LogP contribution < -0.4 is 0 Å². The van der Waals surface area contributed by atoms with Gasteiger partial charge in [0, 0.05) is 12.1 Å². The molecule has 21 heavy (non-hydrogen) atoms. The summed E-state index contributed by atoms with van der Waals surface area (Å²) in [7, 11) is -3.16. The molecule has 0 aliphatic rings. The van der Waals surface area contributed by atoms with Crippen LogP contribution in [-0.4, -0.2) is 32.5 Å². The number of methoxy groups -OCH3 is 1. The van der Waals surface area contributed by atoms with Gasteiger partial charge in [-0.2, -0.15) is 8.42 Å². The SMILES string of the molecule is C/C=C/C(OS(=O)(=O)c1ccc([N+](=O)[O-])cc1)C(=O)OC. The molecule has 8 nitrogen and oxygen atoms in total. The van der Waals surface area contributed by atoms with E-state index in [1.54, 1.807) is 6.92 Å². The van der Waals surface area contributed by atoms with Crippen molar-refractivity contribution in [3.8, 4) is 0 Å². The lowest BCUT2D eigenvalue weighted by atomic mass is 10.3. The first-order valence-corrected chi connectivity index (χ1v) is 7.11. The normalized spacial score (nSPS) is 13.0. The lowest BCUT2D eigenvalue weighted by molar-refractivity contribution is -0.384. The minimum atomic E-state index is -4.25. The van der Waals surface area contributed by atoms with Gasteiger partial charge >= 0.3 is 5.97 Å². The second-order valence-corrected chi connectivity index (χ2v) is 5.34. The molecule has 0 bridgehead atoms. The van der Waals surface area contributed by atoms with Crippen LogP contribution in [-0.2, 0) is 23.8 Å². The second kappa shape index (κ2) is 6.95. The minimum Gasteiger partial charge on any atom is -0.467 e. The number of hydrogen-bond acceptors (Lipinski definition) is 7. The highest BCUT2D eigenvalue weighted by Crippen LogP contribution is 2.19. The summed E-state index contributed by atoms with van der Waals surface area (Å²) in [5, 5.41) is 10.5. The molecule has 1 aromatic carbocycles. The smallest absolute Gasteiger partial charge is 0.340 e. The topological polar surface area (TPSA) is 113 Å². The molecule has 9 heteroatoms. The molecule has 0 amide bonds. The summed E-state index contributed by atoms with van der Waals surface area (Å²) in [5.41, 5.74) is -0.257. The molecule has 1 atom stereocenters. The van der Waals surface area contributed by atoms with Crippen LogP contribution in [0.1, 0.15) is 6.92 Å². The van der Waals surface area contributed by atoms with E-state index >= 15 is 0 Å². The summed E-state index contributed by atoms with van der Waals surface area (Å²) in [4.78, 5) is 21.0. The van der Waals surface area contributed by atoms with E-state index in [-0.39, 0.29) is 10.6 Å². The molecule has 0 aliphatic carbocycles. The van der Waals surface area contributed by atoms with Gasteiger partial charge in [-0.1, -0.05) is 6.08 Å². The molecule has 114 valence electrons. The number of hydrogen-bond donors (Lipinski definition) is 0. The van der Waals surface area contributed by atoms with Gasteiger partial charge < -0.3 is 4.74 Å². The van der Waals surface area contributed by atoms with Gasteiger partial charge in [-0.25, -0.2) is 8.98 Å². The van der Waals surface area contributed by atoms with Gasteiger partial charge in [0.05, 0.1) is 16.9 Å². The van der Waals surface area contributed by atoms with Crippen molar-refractivity contribution < 1.29 is 27.1 Å². The Labute approximate surface area is 121 Å². The Hall–Kier alpha value is -2.26. The largest absolute Gasteiger partial charge is 0.467 e. The number of carbonyl (C=O) groups excluding carboxylic acids is 1. The number of benzene rings is 1. The van der Waals surface area contributed by atoms with E-state index in [9.17, 15) is 23.3 Å². The number of non-ortho nitro benzene ring substituents is 1. The van der Waals surface area contributed by atoms with Crippen molar-refractivity contribution in [1.29, 1.82) is 0 Å². The predicted octanol–water partition coefficient (Wildman–Crippen LogP) is 1.42. The van der Waals surface area contributed by atoms with Crippen LogP contribution in [0, 0.1) is 10.1 Å². The molecule has 0 aromatic heterocycles. The number of allylic oxidation sites excluding steroid dienone is 1. The first kappa shape index (κ1) is 16.8. The molecule has 0 radical (unpaired) electrons. The number of ether oxygens (including phenoxy) is 1. The standard InChI is InChI=1S/C12H13NO7S/c1-3-4-11(12(14)19-2)20-21(17,18)10-7-5-9(6-8-10)13(15)16/h3-8,11H,1-2H3/b4-3+. The Balaban J connectivity index is 3.04. The zero-order chi connectivity index (χ0) is 16.0. The van der Waals surface area contributed by atoms with E-state index in [1.165, 1.54) is 12.2 Å². The molecule has 0 aliphatic heterocycles. The number of esters is 1. The van der Waals surface area contributed by atoms with Crippen molar-refractivity contribution in [3.63, 3.8) is 0 Å². The Morgan fingerprint density at radius 1 is 1.33 bits per heavy atom.